The summed E-state index contributed by atoms with van der Waals surface area (Å²) in [4.78, 5) is -0.496. The lowest BCUT2D eigenvalue weighted by Gasteiger charge is -2.31. The van der Waals surface area contributed by atoms with E-state index in [0.29, 0.717) is 17.2 Å². The third kappa shape index (κ3) is 4.07. The maximum Gasteiger partial charge on any atom is 0.416 e. The number of ether oxygens (including phenoxy) is 1. The summed E-state index contributed by atoms with van der Waals surface area (Å²) in [5, 5.41) is 0.255. The van der Waals surface area contributed by atoms with Gasteiger partial charge in [-0.1, -0.05) is 23.7 Å². The van der Waals surface area contributed by atoms with Crippen LogP contribution in [0.4, 0.5) is 23.2 Å². The molecule has 0 saturated heterocycles. The van der Waals surface area contributed by atoms with Crippen LogP contribution in [0.5, 0.6) is 5.75 Å². The van der Waals surface area contributed by atoms with Gasteiger partial charge in [-0.15, -0.1) is 0 Å². The number of halogens is 5. The Kier molecular flexibility index (Phi) is 5.35. The van der Waals surface area contributed by atoms with E-state index in [1.165, 1.54) is 30.3 Å². The summed E-state index contributed by atoms with van der Waals surface area (Å²) in [5.74, 6) is -0.292. The van der Waals surface area contributed by atoms with Crippen LogP contribution in [0, 0.1) is 5.82 Å². The molecular formula is C21H14ClF4NO3S. The van der Waals surface area contributed by atoms with Crippen molar-refractivity contribution in [3.05, 3.63) is 77.1 Å². The fraction of sp³-hybridized carbons (Fsp3) is 0.143. The van der Waals surface area contributed by atoms with Gasteiger partial charge in [0.15, 0.2) is 0 Å². The predicted octanol–water partition coefficient (Wildman–Crippen LogP) is 5.75. The Labute approximate surface area is 180 Å². The Bertz CT molecular complexity index is 1260. The molecule has 10 heteroatoms. The number of hydrogen-bond acceptors (Lipinski definition) is 3. The Hall–Kier alpha value is -2.78. The highest BCUT2D eigenvalue weighted by atomic mass is 35.5. The average molecular weight is 472 g/mol. The molecule has 4 nitrogen and oxygen atoms in total. The van der Waals surface area contributed by atoms with E-state index in [1.54, 1.807) is 6.07 Å². The van der Waals surface area contributed by atoms with Gasteiger partial charge in [-0.05, 0) is 54.1 Å². The fourth-order valence-electron chi connectivity index (χ4n) is 3.29. The number of benzene rings is 3. The fourth-order valence-corrected chi connectivity index (χ4v) is 5.01. The quantitative estimate of drug-likeness (QED) is 0.457. The second kappa shape index (κ2) is 7.72. The van der Waals surface area contributed by atoms with Crippen LogP contribution in [0.15, 0.2) is 65.6 Å². The number of alkyl halides is 3. The minimum absolute atomic E-state index is 0.0191. The van der Waals surface area contributed by atoms with Gasteiger partial charge in [0.05, 0.1) is 22.7 Å². The second-order valence-corrected chi connectivity index (χ2v) is 9.03. The topological polar surface area (TPSA) is 46.6 Å². The van der Waals surface area contributed by atoms with Crippen LogP contribution in [-0.2, 0) is 16.2 Å². The maximum atomic E-state index is 13.7. The first-order valence-electron chi connectivity index (χ1n) is 9.00. The molecule has 3 aromatic carbocycles. The smallest absolute Gasteiger partial charge is 0.416 e. The van der Waals surface area contributed by atoms with Gasteiger partial charge in [-0.3, -0.25) is 4.31 Å². The van der Waals surface area contributed by atoms with Crippen molar-refractivity contribution in [2.45, 2.75) is 11.1 Å². The number of nitrogens with zero attached hydrogens (tertiary/aromatic N) is 1. The molecule has 162 valence electrons. The highest BCUT2D eigenvalue weighted by molar-refractivity contribution is 7.92. The van der Waals surface area contributed by atoms with Crippen LogP contribution in [-0.4, -0.2) is 21.6 Å². The molecule has 31 heavy (non-hydrogen) atoms. The number of fused-ring (bicyclic) bond motifs is 1. The van der Waals surface area contributed by atoms with E-state index in [2.05, 4.69) is 0 Å². The summed E-state index contributed by atoms with van der Waals surface area (Å²) in [6.07, 6.45) is -4.68. The SMILES string of the molecule is O=S(=O)(c1cccc(C(F)(F)F)c1)N1CCOc2ccc(-c3cc(F)ccc3Cl)cc21. The normalized spacial score (nSPS) is 14.2. The van der Waals surface area contributed by atoms with Gasteiger partial charge >= 0.3 is 6.18 Å². The Balaban J connectivity index is 1.82. The van der Waals surface area contributed by atoms with Gasteiger partial charge in [-0.2, -0.15) is 13.2 Å². The van der Waals surface area contributed by atoms with Gasteiger partial charge < -0.3 is 4.74 Å². The molecule has 0 aliphatic carbocycles. The van der Waals surface area contributed by atoms with Crippen LogP contribution in [0.25, 0.3) is 11.1 Å². The molecule has 0 atom stereocenters. The van der Waals surface area contributed by atoms with Gasteiger partial charge in [0.1, 0.15) is 18.2 Å². The van der Waals surface area contributed by atoms with Crippen LogP contribution in [0.3, 0.4) is 0 Å². The van der Waals surface area contributed by atoms with Crippen LogP contribution >= 0.6 is 11.6 Å². The third-order valence-electron chi connectivity index (χ3n) is 4.77. The van der Waals surface area contributed by atoms with Gasteiger partial charge in [-0.25, -0.2) is 12.8 Å². The first-order chi connectivity index (χ1) is 14.6. The van der Waals surface area contributed by atoms with Crippen LogP contribution < -0.4 is 9.04 Å². The zero-order valence-corrected chi connectivity index (χ0v) is 17.2. The highest BCUT2D eigenvalue weighted by Gasteiger charge is 2.35. The Morgan fingerprint density at radius 1 is 1.00 bits per heavy atom. The third-order valence-corrected chi connectivity index (χ3v) is 6.91. The molecule has 0 fully saturated rings. The molecular weight excluding hydrogens is 458 g/mol. The number of anilines is 1. The van der Waals surface area contributed by atoms with E-state index in [0.717, 1.165) is 22.5 Å². The van der Waals surface area contributed by atoms with E-state index in [4.69, 9.17) is 16.3 Å². The Morgan fingerprint density at radius 2 is 1.77 bits per heavy atom. The highest BCUT2D eigenvalue weighted by Crippen LogP contribution is 2.40. The molecule has 1 aliphatic rings. The summed E-state index contributed by atoms with van der Waals surface area (Å²) >= 11 is 6.16. The monoisotopic (exact) mass is 471 g/mol. The van der Waals surface area contributed by atoms with Crippen molar-refractivity contribution in [2.75, 3.05) is 17.5 Å². The van der Waals surface area contributed by atoms with E-state index in [9.17, 15) is 26.0 Å². The zero-order valence-electron chi connectivity index (χ0n) is 15.7. The molecule has 3 aromatic rings. The predicted molar refractivity (Wildman–Crippen MR) is 108 cm³/mol. The van der Waals surface area contributed by atoms with Crippen LogP contribution in [0.1, 0.15) is 5.56 Å². The van der Waals surface area contributed by atoms with Gasteiger partial charge in [0, 0.05) is 10.6 Å². The molecule has 0 N–H and O–H groups in total. The molecule has 4 rings (SSSR count). The summed E-state index contributed by atoms with van der Waals surface area (Å²) < 4.78 is 85.9. The first kappa shape index (κ1) is 21.5. The van der Waals surface area contributed by atoms with Crippen molar-refractivity contribution < 1.29 is 30.7 Å². The molecule has 0 radical (unpaired) electrons. The molecule has 0 bridgehead atoms. The Morgan fingerprint density at radius 3 is 2.52 bits per heavy atom. The molecule has 1 heterocycles. The second-order valence-electron chi connectivity index (χ2n) is 6.76. The minimum atomic E-state index is -4.68. The lowest BCUT2D eigenvalue weighted by molar-refractivity contribution is -0.137. The van der Waals surface area contributed by atoms with Crippen molar-refractivity contribution in [3.8, 4) is 16.9 Å². The van der Waals surface area contributed by atoms with Crippen molar-refractivity contribution in [3.63, 3.8) is 0 Å². The standard InChI is InChI=1S/C21H14ClF4NO3S/c22-18-6-5-15(23)12-17(18)13-4-7-20-19(10-13)27(8-9-30-20)31(28,29)16-3-1-2-14(11-16)21(24,25)26/h1-7,10-12H,8-9H2. The number of hydrogen-bond donors (Lipinski definition) is 0. The summed E-state index contributed by atoms with van der Waals surface area (Å²) in [5.41, 5.74) is -0.173. The summed E-state index contributed by atoms with van der Waals surface area (Å²) in [7, 11) is -4.33. The van der Waals surface area contributed by atoms with Crippen molar-refractivity contribution in [1.82, 2.24) is 0 Å². The summed E-state index contributed by atoms with van der Waals surface area (Å²) in [6.45, 7) is -0.0861. The average Bonchev–Trinajstić information content (AvgIpc) is 2.74. The molecule has 0 saturated carbocycles. The van der Waals surface area contributed by atoms with Crippen molar-refractivity contribution in [1.29, 1.82) is 0 Å². The van der Waals surface area contributed by atoms with Gasteiger partial charge in [0.25, 0.3) is 10.0 Å². The zero-order chi connectivity index (χ0) is 22.4. The van der Waals surface area contributed by atoms with E-state index < -0.39 is 32.5 Å². The lowest BCUT2D eigenvalue weighted by Crippen LogP contribution is -2.38. The molecule has 0 amide bonds. The van der Waals surface area contributed by atoms with Crippen molar-refractivity contribution in [2.24, 2.45) is 0 Å². The van der Waals surface area contributed by atoms with E-state index in [1.807, 2.05) is 0 Å². The maximum absolute atomic E-state index is 13.7. The first-order valence-corrected chi connectivity index (χ1v) is 10.8. The van der Waals surface area contributed by atoms with Crippen LogP contribution in [0.2, 0.25) is 5.02 Å². The molecule has 1 aliphatic heterocycles. The minimum Gasteiger partial charge on any atom is -0.489 e. The molecule has 0 unspecified atom stereocenters. The van der Waals surface area contributed by atoms with Crippen molar-refractivity contribution >= 4 is 27.3 Å². The molecule has 0 aromatic heterocycles. The molecule has 0 spiro atoms. The van der Waals surface area contributed by atoms with E-state index in [-0.39, 0.29) is 29.6 Å². The number of rotatable bonds is 3. The largest absolute Gasteiger partial charge is 0.489 e. The van der Waals surface area contributed by atoms with Gasteiger partial charge in [0.2, 0.25) is 0 Å². The lowest BCUT2D eigenvalue weighted by atomic mass is 10.0. The summed E-state index contributed by atoms with van der Waals surface area (Å²) in [6, 6.07) is 11.9. The van der Waals surface area contributed by atoms with E-state index >= 15 is 0 Å². The number of sulfonamides is 1.